The zero-order valence-electron chi connectivity index (χ0n) is 21.1. The minimum absolute atomic E-state index is 0.101. The number of esters is 1. The number of hydrogen-bond acceptors (Lipinski definition) is 5. The molecule has 38 heavy (non-hydrogen) atoms. The fourth-order valence-corrected chi connectivity index (χ4v) is 5.00. The molecule has 0 fully saturated rings. The molecule has 0 amide bonds. The van der Waals surface area contributed by atoms with Crippen molar-refractivity contribution in [2.45, 2.75) is 26.4 Å². The van der Waals surface area contributed by atoms with Crippen LogP contribution in [0.1, 0.15) is 41.4 Å². The first kappa shape index (κ1) is 25.8. The van der Waals surface area contributed by atoms with Crippen molar-refractivity contribution in [3.8, 4) is 28.1 Å². The molecule has 0 spiro atoms. The van der Waals surface area contributed by atoms with E-state index in [4.69, 9.17) is 37.2 Å². The van der Waals surface area contributed by atoms with Gasteiger partial charge in [0.15, 0.2) is 0 Å². The molecule has 5 aromatic rings. The van der Waals surface area contributed by atoms with E-state index in [0.717, 1.165) is 33.2 Å². The second-order valence-corrected chi connectivity index (χ2v) is 10.0. The molecule has 0 N–H and O–H groups in total. The van der Waals surface area contributed by atoms with E-state index in [2.05, 4.69) is 11.2 Å². The van der Waals surface area contributed by atoms with Gasteiger partial charge in [0.1, 0.15) is 23.8 Å². The monoisotopic (exact) mass is 545 g/mol. The van der Waals surface area contributed by atoms with Crippen molar-refractivity contribution in [3.05, 3.63) is 106 Å². The zero-order valence-corrected chi connectivity index (χ0v) is 22.6. The summed E-state index contributed by atoms with van der Waals surface area (Å²) in [5.41, 5.74) is 4.49. The lowest BCUT2D eigenvalue weighted by molar-refractivity contribution is 0.0601. The summed E-state index contributed by atoms with van der Waals surface area (Å²) in [5, 5.41) is 7.38. The zero-order chi connectivity index (χ0) is 26.8. The van der Waals surface area contributed by atoms with E-state index >= 15 is 0 Å². The highest BCUT2D eigenvalue weighted by Crippen LogP contribution is 2.39. The van der Waals surface area contributed by atoms with Gasteiger partial charge in [0.2, 0.25) is 0 Å². The van der Waals surface area contributed by atoms with Crippen LogP contribution in [0.4, 0.5) is 0 Å². The first-order chi connectivity index (χ1) is 18.4. The molecule has 0 bridgehead atoms. The van der Waals surface area contributed by atoms with Gasteiger partial charge in [-0.15, -0.1) is 0 Å². The Labute approximate surface area is 230 Å². The van der Waals surface area contributed by atoms with E-state index in [1.54, 1.807) is 24.3 Å². The first-order valence-corrected chi connectivity index (χ1v) is 12.9. The molecule has 4 aromatic carbocycles. The number of halogens is 2. The Balaban J connectivity index is 1.42. The fraction of sp³-hybridized carbons (Fsp3) is 0.161. The summed E-state index contributed by atoms with van der Waals surface area (Å²) in [4.78, 5) is 11.9. The number of methoxy groups -OCH3 is 1. The van der Waals surface area contributed by atoms with Gasteiger partial charge in [0.25, 0.3) is 0 Å². The summed E-state index contributed by atoms with van der Waals surface area (Å²) in [6.45, 7) is 4.32. The second-order valence-electron chi connectivity index (χ2n) is 9.21. The van der Waals surface area contributed by atoms with Gasteiger partial charge in [-0.25, -0.2) is 4.79 Å². The molecule has 5 rings (SSSR count). The Morgan fingerprint density at radius 1 is 0.895 bits per heavy atom. The molecule has 0 atom stereocenters. The van der Waals surface area contributed by atoms with Gasteiger partial charge in [-0.1, -0.05) is 78.6 Å². The normalized spacial score (nSPS) is 11.2. The van der Waals surface area contributed by atoms with E-state index in [1.165, 1.54) is 7.11 Å². The third-order valence-electron chi connectivity index (χ3n) is 6.35. The number of hydrogen-bond donors (Lipinski definition) is 0. The molecule has 0 aliphatic carbocycles. The maximum Gasteiger partial charge on any atom is 0.337 e. The molecule has 0 unspecified atom stereocenters. The first-order valence-electron chi connectivity index (χ1n) is 12.1. The Bertz CT molecular complexity index is 1620. The van der Waals surface area contributed by atoms with E-state index in [-0.39, 0.29) is 18.5 Å². The number of fused-ring (bicyclic) bond motifs is 1. The molecular formula is C31H25Cl2NO4. The number of benzene rings is 4. The third kappa shape index (κ3) is 5.13. The highest BCUT2D eigenvalue weighted by molar-refractivity contribution is 6.39. The molecule has 1 aromatic heterocycles. The Kier molecular flexibility index (Phi) is 7.41. The number of ether oxygens (including phenoxy) is 2. The fourth-order valence-electron chi connectivity index (χ4n) is 4.43. The number of aromatic nitrogens is 1. The van der Waals surface area contributed by atoms with Crippen LogP contribution < -0.4 is 4.74 Å². The van der Waals surface area contributed by atoms with Gasteiger partial charge in [0, 0.05) is 11.5 Å². The summed E-state index contributed by atoms with van der Waals surface area (Å²) in [6.07, 6.45) is 0. The van der Waals surface area contributed by atoms with E-state index in [9.17, 15) is 4.79 Å². The lowest BCUT2D eigenvalue weighted by Crippen LogP contribution is -2.01. The highest BCUT2D eigenvalue weighted by Gasteiger charge is 2.24. The molecule has 0 saturated heterocycles. The molecule has 7 heteroatoms. The lowest BCUT2D eigenvalue weighted by Gasteiger charge is -2.12. The van der Waals surface area contributed by atoms with Gasteiger partial charge in [-0.05, 0) is 64.4 Å². The molecule has 0 radical (unpaired) electrons. The molecular weight excluding hydrogens is 521 g/mol. The van der Waals surface area contributed by atoms with Gasteiger partial charge in [0.05, 0.1) is 28.3 Å². The van der Waals surface area contributed by atoms with Crippen molar-refractivity contribution in [2.75, 3.05) is 7.11 Å². The average Bonchev–Trinajstić information content (AvgIpc) is 3.34. The predicted molar refractivity (Wildman–Crippen MR) is 151 cm³/mol. The van der Waals surface area contributed by atoms with Crippen molar-refractivity contribution in [3.63, 3.8) is 0 Å². The van der Waals surface area contributed by atoms with Crippen LogP contribution in [0.3, 0.4) is 0 Å². The molecule has 5 nitrogen and oxygen atoms in total. The maximum absolute atomic E-state index is 11.9. The Morgan fingerprint density at radius 2 is 1.58 bits per heavy atom. The van der Waals surface area contributed by atoms with Crippen LogP contribution >= 0.6 is 23.2 Å². The molecule has 0 aliphatic heterocycles. The minimum Gasteiger partial charge on any atom is -0.489 e. The molecule has 192 valence electrons. The van der Waals surface area contributed by atoms with Gasteiger partial charge in [-0.2, -0.15) is 0 Å². The SMILES string of the molecule is COC(=O)c1cccc(-c2ccc3cc(OCc4c(-c5c(Cl)cccc5Cl)noc4C(C)C)ccc3c2)c1. The summed E-state index contributed by atoms with van der Waals surface area (Å²) >= 11 is 12.9. The smallest absolute Gasteiger partial charge is 0.337 e. The standard InChI is InChI=1S/C31H25Cl2NO4/c1-18(2)30-25(29(34-38-30)28-26(32)8-5-9-27(28)33)17-37-24-13-12-21-14-20(10-11-22(21)16-24)19-6-4-7-23(15-19)31(35)36-3/h4-16,18H,17H2,1-3H3. The van der Waals surface area contributed by atoms with Gasteiger partial charge >= 0.3 is 5.97 Å². The summed E-state index contributed by atoms with van der Waals surface area (Å²) < 4.78 is 16.8. The summed E-state index contributed by atoms with van der Waals surface area (Å²) in [7, 11) is 1.38. The third-order valence-corrected chi connectivity index (χ3v) is 6.98. The van der Waals surface area contributed by atoms with Gasteiger partial charge < -0.3 is 14.0 Å². The largest absolute Gasteiger partial charge is 0.489 e. The number of rotatable bonds is 7. The van der Waals surface area contributed by atoms with Crippen molar-refractivity contribution in [2.24, 2.45) is 0 Å². The quantitative estimate of drug-likeness (QED) is 0.191. The molecule has 0 saturated carbocycles. The number of nitrogens with zero attached hydrogens (tertiary/aromatic N) is 1. The topological polar surface area (TPSA) is 61.6 Å². The van der Waals surface area contributed by atoms with Crippen LogP contribution in [0.2, 0.25) is 10.0 Å². The van der Waals surface area contributed by atoms with Crippen molar-refractivity contribution in [1.82, 2.24) is 5.16 Å². The van der Waals surface area contributed by atoms with Crippen LogP contribution in [0.5, 0.6) is 5.75 Å². The van der Waals surface area contributed by atoms with Crippen molar-refractivity contribution < 1.29 is 18.8 Å². The van der Waals surface area contributed by atoms with E-state index in [1.807, 2.05) is 62.4 Å². The summed E-state index contributed by atoms with van der Waals surface area (Å²) in [6, 6.07) is 24.8. The number of carbonyl (C=O) groups is 1. The lowest BCUT2D eigenvalue weighted by atomic mass is 9.99. The number of carbonyl (C=O) groups excluding carboxylic acids is 1. The Morgan fingerprint density at radius 3 is 2.32 bits per heavy atom. The minimum atomic E-state index is -0.358. The van der Waals surface area contributed by atoms with Crippen LogP contribution in [0.15, 0.2) is 83.4 Å². The van der Waals surface area contributed by atoms with Crippen LogP contribution in [-0.2, 0) is 11.3 Å². The second kappa shape index (κ2) is 10.9. The molecule has 1 heterocycles. The van der Waals surface area contributed by atoms with E-state index in [0.29, 0.717) is 32.6 Å². The maximum atomic E-state index is 11.9. The summed E-state index contributed by atoms with van der Waals surface area (Å²) in [5.74, 6) is 1.19. The Hall–Kier alpha value is -3.80. The average molecular weight is 546 g/mol. The van der Waals surface area contributed by atoms with Crippen molar-refractivity contribution >= 4 is 39.9 Å². The highest BCUT2D eigenvalue weighted by atomic mass is 35.5. The van der Waals surface area contributed by atoms with Crippen LogP contribution in [0, 0.1) is 0 Å². The predicted octanol–water partition coefficient (Wildman–Crippen LogP) is 8.96. The molecule has 0 aliphatic rings. The van der Waals surface area contributed by atoms with Gasteiger partial charge in [-0.3, -0.25) is 0 Å². The van der Waals surface area contributed by atoms with E-state index < -0.39 is 0 Å². The van der Waals surface area contributed by atoms with Crippen LogP contribution in [0.25, 0.3) is 33.2 Å². The van der Waals surface area contributed by atoms with Crippen molar-refractivity contribution in [1.29, 1.82) is 0 Å². The van der Waals surface area contributed by atoms with Crippen LogP contribution in [-0.4, -0.2) is 18.2 Å².